The monoisotopic (exact) mass is 309 g/mol. The Morgan fingerprint density at radius 2 is 2.10 bits per heavy atom. The summed E-state index contributed by atoms with van der Waals surface area (Å²) in [7, 11) is 0. The largest absolute Gasteiger partial charge is 0.397 e. The lowest BCUT2D eigenvalue weighted by atomic mass is 10.1. The van der Waals surface area contributed by atoms with Crippen molar-refractivity contribution in [2.75, 3.05) is 12.3 Å². The maximum absolute atomic E-state index is 12.0. The van der Waals surface area contributed by atoms with Crippen LogP contribution in [0.2, 0.25) is 10.2 Å². The Bertz CT molecular complexity index is 632. The van der Waals surface area contributed by atoms with Gasteiger partial charge >= 0.3 is 0 Å². The van der Waals surface area contributed by atoms with Gasteiger partial charge in [-0.25, -0.2) is 4.98 Å². The molecule has 4 nitrogen and oxygen atoms in total. The Kier molecular flexibility index (Phi) is 4.82. The summed E-state index contributed by atoms with van der Waals surface area (Å²) in [6.45, 7) is 0.476. The number of hydrogen-bond donors (Lipinski definition) is 2. The van der Waals surface area contributed by atoms with Gasteiger partial charge < -0.3 is 11.1 Å². The SMILES string of the molecule is Nc1cnc(Cl)c(C(=O)NCCc2cccc(Cl)c2)c1. The molecule has 1 aromatic heterocycles. The lowest BCUT2D eigenvalue weighted by Crippen LogP contribution is -2.26. The fourth-order valence-electron chi connectivity index (χ4n) is 1.73. The maximum atomic E-state index is 12.0. The van der Waals surface area contributed by atoms with Gasteiger partial charge in [0.25, 0.3) is 5.91 Å². The molecule has 0 bridgehead atoms. The highest BCUT2D eigenvalue weighted by atomic mass is 35.5. The standard InChI is InChI=1S/C14H13Cl2N3O/c15-10-3-1-2-9(6-10)4-5-18-14(20)12-7-11(17)8-19-13(12)16/h1-3,6-8H,4-5,17H2,(H,18,20). The van der Waals surface area contributed by atoms with Crippen LogP contribution >= 0.6 is 23.2 Å². The van der Waals surface area contributed by atoms with E-state index in [4.69, 9.17) is 28.9 Å². The lowest BCUT2D eigenvalue weighted by molar-refractivity contribution is 0.0954. The molecule has 0 aliphatic rings. The number of carbonyl (C=O) groups is 1. The fraction of sp³-hybridized carbons (Fsp3) is 0.143. The molecular weight excluding hydrogens is 297 g/mol. The van der Waals surface area contributed by atoms with Gasteiger partial charge in [0.05, 0.1) is 17.4 Å². The van der Waals surface area contributed by atoms with Gasteiger partial charge in [-0.05, 0) is 30.2 Å². The normalized spacial score (nSPS) is 10.3. The minimum absolute atomic E-state index is 0.138. The Morgan fingerprint density at radius 1 is 1.30 bits per heavy atom. The molecule has 0 saturated heterocycles. The molecule has 1 amide bonds. The van der Waals surface area contributed by atoms with Crippen LogP contribution in [-0.2, 0) is 6.42 Å². The molecule has 1 aromatic carbocycles. The number of nitrogens with zero attached hydrogens (tertiary/aromatic N) is 1. The average Bonchev–Trinajstić information content (AvgIpc) is 2.41. The molecule has 1 heterocycles. The number of hydrogen-bond acceptors (Lipinski definition) is 3. The summed E-state index contributed by atoms with van der Waals surface area (Å²) in [5.41, 5.74) is 7.31. The third kappa shape index (κ3) is 3.85. The number of pyridine rings is 1. The predicted molar refractivity (Wildman–Crippen MR) is 81.1 cm³/mol. The molecule has 104 valence electrons. The zero-order valence-electron chi connectivity index (χ0n) is 10.6. The van der Waals surface area contributed by atoms with Gasteiger partial charge in [0.2, 0.25) is 0 Å². The van der Waals surface area contributed by atoms with E-state index in [0.717, 1.165) is 5.56 Å². The Balaban J connectivity index is 1.94. The predicted octanol–water partition coefficient (Wildman–Crippen LogP) is 2.94. The van der Waals surface area contributed by atoms with Crippen molar-refractivity contribution in [3.63, 3.8) is 0 Å². The molecule has 0 aliphatic heterocycles. The molecule has 3 N–H and O–H groups in total. The number of rotatable bonds is 4. The van der Waals surface area contributed by atoms with E-state index in [1.54, 1.807) is 0 Å². The fourth-order valence-corrected chi connectivity index (χ4v) is 2.13. The smallest absolute Gasteiger partial charge is 0.254 e. The summed E-state index contributed by atoms with van der Waals surface area (Å²) in [5.74, 6) is -0.295. The molecule has 0 saturated carbocycles. The van der Waals surface area contributed by atoms with Crippen LogP contribution in [0.4, 0.5) is 5.69 Å². The van der Waals surface area contributed by atoms with E-state index in [2.05, 4.69) is 10.3 Å². The van der Waals surface area contributed by atoms with Gasteiger partial charge in [-0.15, -0.1) is 0 Å². The molecule has 0 unspecified atom stereocenters. The summed E-state index contributed by atoms with van der Waals surface area (Å²) < 4.78 is 0. The van der Waals surface area contributed by atoms with Crippen LogP contribution < -0.4 is 11.1 Å². The second-order valence-corrected chi connectivity index (χ2v) is 5.04. The van der Waals surface area contributed by atoms with E-state index < -0.39 is 0 Å². The number of nitrogens with two attached hydrogens (primary N) is 1. The number of benzene rings is 1. The molecule has 0 radical (unpaired) electrons. The molecular formula is C14H13Cl2N3O. The first-order chi connectivity index (χ1) is 9.56. The minimum Gasteiger partial charge on any atom is -0.397 e. The van der Waals surface area contributed by atoms with Gasteiger partial charge in [-0.1, -0.05) is 35.3 Å². The van der Waals surface area contributed by atoms with Crippen molar-refractivity contribution < 1.29 is 4.79 Å². The van der Waals surface area contributed by atoms with Crippen LogP contribution in [0.25, 0.3) is 0 Å². The van der Waals surface area contributed by atoms with Crippen molar-refractivity contribution >= 4 is 34.8 Å². The van der Waals surface area contributed by atoms with Crippen LogP contribution in [0, 0.1) is 0 Å². The van der Waals surface area contributed by atoms with E-state index in [9.17, 15) is 4.79 Å². The second-order valence-electron chi connectivity index (χ2n) is 4.24. The molecule has 0 fully saturated rings. The maximum Gasteiger partial charge on any atom is 0.254 e. The Hall–Kier alpha value is -1.78. The lowest BCUT2D eigenvalue weighted by Gasteiger charge is -2.07. The van der Waals surface area contributed by atoms with Gasteiger partial charge in [-0.3, -0.25) is 4.79 Å². The zero-order valence-corrected chi connectivity index (χ0v) is 12.1. The van der Waals surface area contributed by atoms with E-state index in [-0.39, 0.29) is 16.6 Å². The second kappa shape index (κ2) is 6.59. The van der Waals surface area contributed by atoms with E-state index in [1.807, 2.05) is 24.3 Å². The summed E-state index contributed by atoms with van der Waals surface area (Å²) in [4.78, 5) is 15.8. The third-order valence-electron chi connectivity index (χ3n) is 2.69. The zero-order chi connectivity index (χ0) is 14.5. The van der Waals surface area contributed by atoms with Crippen molar-refractivity contribution in [3.05, 3.63) is 57.8 Å². The number of halogens is 2. The summed E-state index contributed by atoms with van der Waals surface area (Å²) in [6.07, 6.45) is 2.09. The first kappa shape index (κ1) is 14.6. The number of anilines is 1. The Labute approximate surface area is 126 Å². The number of nitrogens with one attached hydrogen (secondary N) is 1. The first-order valence-corrected chi connectivity index (χ1v) is 6.75. The summed E-state index contributed by atoms with van der Waals surface area (Å²) >= 11 is 11.8. The molecule has 2 aromatic rings. The quantitative estimate of drug-likeness (QED) is 0.853. The van der Waals surface area contributed by atoms with Crippen molar-refractivity contribution in [2.45, 2.75) is 6.42 Å². The van der Waals surface area contributed by atoms with Crippen LogP contribution in [0.1, 0.15) is 15.9 Å². The highest BCUT2D eigenvalue weighted by Gasteiger charge is 2.11. The van der Waals surface area contributed by atoms with Crippen molar-refractivity contribution in [3.8, 4) is 0 Å². The van der Waals surface area contributed by atoms with Crippen LogP contribution in [0.15, 0.2) is 36.5 Å². The van der Waals surface area contributed by atoms with Crippen LogP contribution in [0.5, 0.6) is 0 Å². The Morgan fingerprint density at radius 3 is 2.85 bits per heavy atom. The molecule has 20 heavy (non-hydrogen) atoms. The topological polar surface area (TPSA) is 68.0 Å². The number of aromatic nitrogens is 1. The van der Waals surface area contributed by atoms with Crippen LogP contribution in [-0.4, -0.2) is 17.4 Å². The van der Waals surface area contributed by atoms with Crippen molar-refractivity contribution in [1.29, 1.82) is 0 Å². The van der Waals surface area contributed by atoms with Gasteiger partial charge in [-0.2, -0.15) is 0 Å². The molecule has 0 spiro atoms. The highest BCUT2D eigenvalue weighted by Crippen LogP contribution is 2.15. The minimum atomic E-state index is -0.295. The number of carbonyl (C=O) groups excluding carboxylic acids is 1. The third-order valence-corrected chi connectivity index (χ3v) is 3.23. The van der Waals surface area contributed by atoms with E-state index in [1.165, 1.54) is 12.3 Å². The van der Waals surface area contributed by atoms with E-state index >= 15 is 0 Å². The molecule has 0 atom stereocenters. The summed E-state index contributed by atoms with van der Waals surface area (Å²) in [5, 5.41) is 3.59. The number of amides is 1. The van der Waals surface area contributed by atoms with Crippen molar-refractivity contribution in [2.24, 2.45) is 0 Å². The van der Waals surface area contributed by atoms with Crippen molar-refractivity contribution in [1.82, 2.24) is 10.3 Å². The van der Waals surface area contributed by atoms with E-state index in [0.29, 0.717) is 23.7 Å². The molecule has 6 heteroatoms. The molecule has 0 aliphatic carbocycles. The highest BCUT2D eigenvalue weighted by molar-refractivity contribution is 6.32. The first-order valence-electron chi connectivity index (χ1n) is 6.00. The van der Waals surface area contributed by atoms with Crippen LogP contribution in [0.3, 0.4) is 0 Å². The van der Waals surface area contributed by atoms with Gasteiger partial charge in [0, 0.05) is 11.6 Å². The van der Waals surface area contributed by atoms with Gasteiger partial charge in [0.1, 0.15) is 5.15 Å². The average molecular weight is 310 g/mol. The number of nitrogen functional groups attached to an aromatic ring is 1. The van der Waals surface area contributed by atoms with Gasteiger partial charge in [0.15, 0.2) is 0 Å². The summed E-state index contributed by atoms with van der Waals surface area (Å²) in [6, 6.07) is 9.00. The molecule has 2 rings (SSSR count).